The first kappa shape index (κ1) is 19.7. The summed E-state index contributed by atoms with van der Waals surface area (Å²) in [4.78, 5) is 34.1. The van der Waals surface area contributed by atoms with Gasteiger partial charge in [-0.3, -0.25) is 14.9 Å². The molecular weight excluding hydrogens is 384 g/mol. The zero-order chi connectivity index (χ0) is 20.8. The molecule has 1 aliphatic rings. The Kier molecular flexibility index (Phi) is 5.93. The number of methoxy groups -OCH3 is 1. The number of nitro benzene ring substituents is 1. The number of ether oxygens (including phenoxy) is 4. The molecule has 2 aromatic carbocycles. The van der Waals surface area contributed by atoms with Crippen molar-refractivity contribution in [2.24, 2.45) is 0 Å². The number of carbonyl (C=O) groups excluding carboxylic acids is 2. The zero-order valence-electron chi connectivity index (χ0n) is 15.2. The SMILES string of the molecule is COc1ccc([N+](=O)[O-])cc1NC(=O)COC(=O)/C=C/c1ccc2c(c1)OCO2. The molecule has 0 unspecified atom stereocenters. The molecular formula is C19H16N2O8. The van der Waals surface area contributed by atoms with Crippen molar-refractivity contribution < 1.29 is 33.5 Å². The fourth-order valence-electron chi connectivity index (χ4n) is 2.46. The van der Waals surface area contributed by atoms with Crippen LogP contribution in [0.2, 0.25) is 0 Å². The number of fused-ring (bicyclic) bond motifs is 1. The highest BCUT2D eigenvalue weighted by molar-refractivity contribution is 5.96. The molecule has 0 saturated heterocycles. The maximum Gasteiger partial charge on any atom is 0.331 e. The van der Waals surface area contributed by atoms with E-state index >= 15 is 0 Å². The van der Waals surface area contributed by atoms with Crippen LogP contribution < -0.4 is 19.5 Å². The van der Waals surface area contributed by atoms with E-state index in [1.54, 1.807) is 18.2 Å². The third kappa shape index (κ3) is 5.01. The molecule has 0 fully saturated rings. The minimum Gasteiger partial charge on any atom is -0.495 e. The van der Waals surface area contributed by atoms with E-state index < -0.39 is 23.4 Å². The number of nitrogens with zero attached hydrogens (tertiary/aromatic N) is 1. The lowest BCUT2D eigenvalue weighted by Crippen LogP contribution is -2.20. The third-order valence-electron chi connectivity index (χ3n) is 3.82. The first-order valence-electron chi connectivity index (χ1n) is 8.33. The Labute approximate surface area is 164 Å². The van der Waals surface area contributed by atoms with Crippen molar-refractivity contribution in [2.75, 3.05) is 25.8 Å². The molecule has 10 heteroatoms. The zero-order valence-corrected chi connectivity index (χ0v) is 15.2. The molecule has 29 heavy (non-hydrogen) atoms. The van der Waals surface area contributed by atoms with Gasteiger partial charge in [-0.25, -0.2) is 4.79 Å². The largest absolute Gasteiger partial charge is 0.495 e. The summed E-state index contributed by atoms with van der Waals surface area (Å²) in [6.45, 7) is -0.425. The van der Waals surface area contributed by atoms with Gasteiger partial charge in [0.05, 0.1) is 17.7 Å². The first-order chi connectivity index (χ1) is 14.0. The number of esters is 1. The summed E-state index contributed by atoms with van der Waals surface area (Å²) < 4.78 is 20.4. The first-order valence-corrected chi connectivity index (χ1v) is 8.33. The molecule has 0 aliphatic carbocycles. The van der Waals surface area contributed by atoms with E-state index in [-0.39, 0.29) is 23.9 Å². The summed E-state index contributed by atoms with van der Waals surface area (Å²) >= 11 is 0. The molecule has 0 bridgehead atoms. The summed E-state index contributed by atoms with van der Waals surface area (Å²) in [6.07, 6.45) is 2.67. The second kappa shape index (κ2) is 8.74. The third-order valence-corrected chi connectivity index (χ3v) is 3.82. The van der Waals surface area contributed by atoms with Crippen molar-refractivity contribution in [1.82, 2.24) is 0 Å². The standard InChI is InChI=1S/C19H16N2O8/c1-26-15-6-4-13(21(24)25)9-14(15)20-18(22)10-27-19(23)7-3-12-2-5-16-17(8-12)29-11-28-16/h2-9H,10-11H2,1H3,(H,20,22)/b7-3+. The van der Waals surface area contributed by atoms with Gasteiger partial charge in [0.15, 0.2) is 18.1 Å². The molecule has 150 valence electrons. The number of non-ortho nitro benzene ring substituents is 1. The molecule has 0 saturated carbocycles. The summed E-state index contributed by atoms with van der Waals surface area (Å²) in [5, 5.41) is 13.3. The number of nitro groups is 1. The van der Waals surface area contributed by atoms with Crippen molar-refractivity contribution >= 4 is 29.3 Å². The molecule has 0 radical (unpaired) electrons. The molecule has 1 amide bonds. The van der Waals surface area contributed by atoms with E-state index in [1.807, 2.05) is 0 Å². The van der Waals surface area contributed by atoms with E-state index in [0.29, 0.717) is 17.1 Å². The average molecular weight is 400 g/mol. The monoisotopic (exact) mass is 400 g/mol. The predicted octanol–water partition coefficient (Wildman–Crippen LogP) is 2.53. The van der Waals surface area contributed by atoms with E-state index in [2.05, 4.69) is 5.32 Å². The quantitative estimate of drug-likeness (QED) is 0.325. The molecule has 0 atom stereocenters. The van der Waals surface area contributed by atoms with Gasteiger partial charge in [-0.15, -0.1) is 0 Å². The Bertz CT molecular complexity index is 986. The fourth-order valence-corrected chi connectivity index (χ4v) is 2.46. The number of carbonyl (C=O) groups is 2. The molecule has 1 N–H and O–H groups in total. The van der Waals surface area contributed by atoms with Crippen LogP contribution in [0.1, 0.15) is 5.56 Å². The van der Waals surface area contributed by atoms with E-state index in [9.17, 15) is 19.7 Å². The van der Waals surface area contributed by atoms with Gasteiger partial charge in [0.25, 0.3) is 11.6 Å². The van der Waals surface area contributed by atoms with Gasteiger partial charge in [-0.2, -0.15) is 0 Å². The average Bonchev–Trinajstić information content (AvgIpc) is 3.18. The molecule has 1 aliphatic heterocycles. The van der Waals surface area contributed by atoms with Gasteiger partial charge < -0.3 is 24.3 Å². The summed E-state index contributed by atoms with van der Waals surface area (Å²) in [6, 6.07) is 8.90. The second-order valence-corrected chi connectivity index (χ2v) is 5.74. The number of rotatable bonds is 7. The van der Waals surface area contributed by atoms with Crippen molar-refractivity contribution in [2.45, 2.75) is 0 Å². The lowest BCUT2D eigenvalue weighted by molar-refractivity contribution is -0.384. The van der Waals surface area contributed by atoms with Gasteiger partial charge >= 0.3 is 5.97 Å². The molecule has 3 rings (SSSR count). The van der Waals surface area contributed by atoms with E-state index in [0.717, 1.165) is 6.07 Å². The lowest BCUT2D eigenvalue weighted by atomic mass is 10.2. The smallest absolute Gasteiger partial charge is 0.331 e. The van der Waals surface area contributed by atoms with Crippen LogP contribution in [0.25, 0.3) is 6.08 Å². The van der Waals surface area contributed by atoms with Crippen LogP contribution >= 0.6 is 0 Å². The van der Waals surface area contributed by atoms with Crippen LogP contribution in [0.15, 0.2) is 42.5 Å². The highest BCUT2D eigenvalue weighted by atomic mass is 16.7. The van der Waals surface area contributed by atoms with Crippen LogP contribution in [0, 0.1) is 10.1 Å². The van der Waals surface area contributed by atoms with Crippen molar-refractivity contribution in [3.8, 4) is 17.2 Å². The summed E-state index contributed by atoms with van der Waals surface area (Å²) in [7, 11) is 1.36. The minimum absolute atomic E-state index is 0.0960. The van der Waals surface area contributed by atoms with Gasteiger partial charge in [0, 0.05) is 18.2 Å². The van der Waals surface area contributed by atoms with E-state index in [4.69, 9.17) is 18.9 Å². The van der Waals surface area contributed by atoms with Crippen molar-refractivity contribution in [3.63, 3.8) is 0 Å². The number of nitrogens with one attached hydrogen (secondary N) is 1. The Morgan fingerprint density at radius 1 is 1.21 bits per heavy atom. The number of hydrogen-bond donors (Lipinski definition) is 1. The lowest BCUT2D eigenvalue weighted by Gasteiger charge is -2.09. The summed E-state index contributed by atoms with van der Waals surface area (Å²) in [5.41, 5.74) is 0.570. The Balaban J connectivity index is 1.54. The second-order valence-electron chi connectivity index (χ2n) is 5.74. The number of hydrogen-bond acceptors (Lipinski definition) is 8. The van der Waals surface area contributed by atoms with Crippen molar-refractivity contribution in [1.29, 1.82) is 0 Å². The van der Waals surface area contributed by atoms with Crippen molar-refractivity contribution in [3.05, 3.63) is 58.2 Å². The topological polar surface area (TPSA) is 126 Å². The maximum atomic E-state index is 12.0. The predicted molar refractivity (Wildman–Crippen MR) is 101 cm³/mol. The number of amides is 1. The van der Waals surface area contributed by atoms with Crippen LogP contribution in [0.3, 0.4) is 0 Å². The van der Waals surface area contributed by atoms with Gasteiger partial charge in [-0.05, 0) is 29.8 Å². The molecule has 2 aromatic rings. The Morgan fingerprint density at radius 3 is 2.76 bits per heavy atom. The highest BCUT2D eigenvalue weighted by Gasteiger charge is 2.15. The Morgan fingerprint density at radius 2 is 2.00 bits per heavy atom. The molecule has 10 nitrogen and oxygen atoms in total. The number of anilines is 1. The normalized spacial score (nSPS) is 11.9. The number of benzene rings is 2. The molecule has 1 heterocycles. The maximum absolute atomic E-state index is 12.0. The van der Waals surface area contributed by atoms with Gasteiger partial charge in [0.1, 0.15) is 5.75 Å². The van der Waals surface area contributed by atoms with Crippen LogP contribution in [-0.2, 0) is 14.3 Å². The van der Waals surface area contributed by atoms with Gasteiger partial charge in [0.2, 0.25) is 6.79 Å². The molecule has 0 aromatic heterocycles. The van der Waals surface area contributed by atoms with Crippen LogP contribution in [-0.4, -0.2) is 37.3 Å². The summed E-state index contributed by atoms with van der Waals surface area (Å²) in [5.74, 6) is 0.0270. The Hall–Kier alpha value is -4.08. The molecule has 0 spiro atoms. The van der Waals surface area contributed by atoms with E-state index in [1.165, 1.54) is 31.4 Å². The fraction of sp³-hybridized carbons (Fsp3) is 0.158. The van der Waals surface area contributed by atoms with Crippen LogP contribution in [0.4, 0.5) is 11.4 Å². The minimum atomic E-state index is -0.733. The van der Waals surface area contributed by atoms with Crippen LogP contribution in [0.5, 0.6) is 17.2 Å². The van der Waals surface area contributed by atoms with Gasteiger partial charge in [-0.1, -0.05) is 6.07 Å². The highest BCUT2D eigenvalue weighted by Crippen LogP contribution is 2.32.